The molecule has 0 spiro atoms. The van der Waals surface area contributed by atoms with Gasteiger partial charge in [0.05, 0.1) is 23.8 Å². The second-order valence-electron chi connectivity index (χ2n) is 7.39. The fraction of sp³-hybridized carbons (Fsp3) is 0.333. The lowest BCUT2D eigenvalue weighted by molar-refractivity contribution is -0.148. The van der Waals surface area contributed by atoms with Crippen molar-refractivity contribution in [2.45, 2.75) is 38.8 Å². The quantitative estimate of drug-likeness (QED) is 0.687. The molecule has 0 aliphatic carbocycles. The second kappa shape index (κ2) is 8.66. The highest BCUT2D eigenvalue weighted by molar-refractivity contribution is 7.10. The van der Waals surface area contributed by atoms with Crippen LogP contribution in [0.15, 0.2) is 41.8 Å². The number of esters is 1. The van der Waals surface area contributed by atoms with Gasteiger partial charge in [0, 0.05) is 11.8 Å². The normalized spacial score (nSPS) is 15.6. The van der Waals surface area contributed by atoms with Crippen LogP contribution in [0.25, 0.3) is 0 Å². The Labute approximate surface area is 178 Å². The lowest BCUT2D eigenvalue weighted by Gasteiger charge is -2.41. The van der Waals surface area contributed by atoms with Crippen LogP contribution in [0.2, 0.25) is 0 Å². The molecule has 0 fully saturated rings. The average Bonchev–Trinajstić information content (AvgIpc) is 3.21. The van der Waals surface area contributed by atoms with Crippen molar-refractivity contribution in [3.8, 4) is 0 Å². The second-order valence-corrected chi connectivity index (χ2v) is 8.37. The maximum absolute atomic E-state index is 12.9. The van der Waals surface area contributed by atoms with Gasteiger partial charge >= 0.3 is 5.97 Å². The summed E-state index contributed by atoms with van der Waals surface area (Å²) < 4.78 is 5.20. The molecule has 30 heavy (non-hydrogen) atoms. The van der Waals surface area contributed by atoms with Gasteiger partial charge in [0.1, 0.15) is 5.54 Å². The minimum Gasteiger partial charge on any atom is -0.455 e. The Bertz CT molecular complexity index is 971. The maximum Gasteiger partial charge on any atom is 0.308 e. The Morgan fingerprint density at radius 3 is 2.60 bits per heavy atom. The predicted octanol–water partition coefficient (Wildman–Crippen LogP) is 2.62. The summed E-state index contributed by atoms with van der Waals surface area (Å²) in [6, 6.07) is 10.1. The number of carbonyl (C=O) groups excluding carboxylic acids is 4. The summed E-state index contributed by atoms with van der Waals surface area (Å²) in [5.41, 5.74) is -0.0872. The van der Waals surface area contributed by atoms with E-state index in [0.29, 0.717) is 11.4 Å². The van der Waals surface area contributed by atoms with Crippen LogP contribution >= 0.6 is 11.3 Å². The molecular weight excluding hydrogens is 406 g/mol. The number of thiophene rings is 1. The van der Waals surface area contributed by atoms with Gasteiger partial charge < -0.3 is 15.4 Å². The molecule has 9 heteroatoms. The maximum atomic E-state index is 12.9. The molecule has 1 aliphatic rings. The van der Waals surface area contributed by atoms with Gasteiger partial charge in [-0.3, -0.25) is 24.1 Å². The summed E-state index contributed by atoms with van der Waals surface area (Å²) in [6.45, 7) is 4.11. The van der Waals surface area contributed by atoms with E-state index in [1.165, 1.54) is 23.2 Å². The van der Waals surface area contributed by atoms with E-state index in [9.17, 15) is 19.2 Å². The molecule has 0 bridgehead atoms. The molecule has 2 aromatic rings. The number of ether oxygens (including phenoxy) is 1. The number of hydrogen-bond acceptors (Lipinski definition) is 6. The van der Waals surface area contributed by atoms with Crippen molar-refractivity contribution in [3.05, 3.63) is 46.7 Å². The van der Waals surface area contributed by atoms with Gasteiger partial charge in [0.15, 0.2) is 6.61 Å². The number of carbonyl (C=O) groups is 4. The Morgan fingerprint density at radius 2 is 1.93 bits per heavy atom. The average molecular weight is 429 g/mol. The number of anilines is 2. The summed E-state index contributed by atoms with van der Waals surface area (Å²) in [6.07, 6.45) is -0.103. The van der Waals surface area contributed by atoms with Crippen molar-refractivity contribution in [1.29, 1.82) is 0 Å². The summed E-state index contributed by atoms with van der Waals surface area (Å²) in [5.74, 6) is -1.73. The monoisotopic (exact) mass is 429 g/mol. The first kappa shape index (κ1) is 21.5. The van der Waals surface area contributed by atoms with Crippen molar-refractivity contribution >= 4 is 46.4 Å². The zero-order valence-electron chi connectivity index (χ0n) is 16.9. The van der Waals surface area contributed by atoms with E-state index in [4.69, 9.17) is 4.74 Å². The van der Waals surface area contributed by atoms with Crippen molar-refractivity contribution in [2.24, 2.45) is 0 Å². The minimum absolute atomic E-state index is 0.103. The molecule has 2 N–H and O–H groups in total. The molecule has 2 heterocycles. The van der Waals surface area contributed by atoms with Gasteiger partial charge in [-0.25, -0.2) is 0 Å². The predicted molar refractivity (Wildman–Crippen MR) is 113 cm³/mol. The topological polar surface area (TPSA) is 105 Å². The van der Waals surface area contributed by atoms with Crippen molar-refractivity contribution < 1.29 is 23.9 Å². The molecule has 158 valence electrons. The van der Waals surface area contributed by atoms with Crippen LogP contribution in [-0.4, -0.2) is 35.8 Å². The van der Waals surface area contributed by atoms with Gasteiger partial charge in [0.2, 0.25) is 11.8 Å². The van der Waals surface area contributed by atoms with Gasteiger partial charge in [0.25, 0.3) is 5.91 Å². The molecule has 0 radical (unpaired) electrons. The molecule has 3 rings (SSSR count). The first-order valence-electron chi connectivity index (χ1n) is 9.40. The van der Waals surface area contributed by atoms with Gasteiger partial charge in [-0.05, 0) is 37.4 Å². The minimum atomic E-state index is -1.15. The zero-order chi connectivity index (χ0) is 21.9. The molecular formula is C21H23N3O5S. The first-order chi connectivity index (χ1) is 14.2. The smallest absolute Gasteiger partial charge is 0.308 e. The zero-order valence-corrected chi connectivity index (χ0v) is 17.7. The Balaban J connectivity index is 1.69. The Hall–Kier alpha value is -3.20. The van der Waals surface area contributed by atoms with E-state index >= 15 is 0 Å². The van der Waals surface area contributed by atoms with Gasteiger partial charge in [-0.1, -0.05) is 18.2 Å². The third-order valence-corrected chi connectivity index (χ3v) is 5.73. The summed E-state index contributed by atoms with van der Waals surface area (Å²) >= 11 is 1.41. The fourth-order valence-corrected chi connectivity index (χ4v) is 4.07. The highest BCUT2D eigenvalue weighted by Crippen LogP contribution is 2.36. The van der Waals surface area contributed by atoms with Crippen LogP contribution in [0, 0.1) is 0 Å². The third kappa shape index (κ3) is 4.51. The SMILES string of the molecule is CC(=O)NC(CC(=O)OCC(=O)N1c2ccccc2NC(=O)C1(C)C)c1cccs1. The Morgan fingerprint density at radius 1 is 1.20 bits per heavy atom. The van der Waals surface area contributed by atoms with Crippen LogP contribution < -0.4 is 15.5 Å². The molecule has 8 nitrogen and oxygen atoms in total. The molecule has 3 amide bonds. The molecule has 1 atom stereocenters. The number of para-hydroxylation sites is 2. The number of amides is 3. The van der Waals surface area contributed by atoms with Crippen molar-refractivity contribution in [1.82, 2.24) is 5.32 Å². The van der Waals surface area contributed by atoms with Crippen LogP contribution in [0.4, 0.5) is 11.4 Å². The highest BCUT2D eigenvalue weighted by Gasteiger charge is 2.43. The summed E-state index contributed by atoms with van der Waals surface area (Å²) in [5, 5.41) is 7.35. The van der Waals surface area contributed by atoms with Gasteiger partial charge in [-0.2, -0.15) is 0 Å². The van der Waals surface area contributed by atoms with Crippen LogP contribution in [0.1, 0.15) is 38.1 Å². The van der Waals surface area contributed by atoms with Crippen LogP contribution in [-0.2, 0) is 23.9 Å². The number of rotatable bonds is 6. The summed E-state index contributed by atoms with van der Waals surface area (Å²) in [4.78, 5) is 51.4. The number of fused-ring (bicyclic) bond motifs is 1. The van der Waals surface area contributed by atoms with E-state index in [1.807, 2.05) is 17.5 Å². The van der Waals surface area contributed by atoms with E-state index in [1.54, 1.807) is 38.1 Å². The van der Waals surface area contributed by atoms with Crippen LogP contribution in [0.3, 0.4) is 0 Å². The number of nitrogens with zero attached hydrogens (tertiary/aromatic N) is 1. The van der Waals surface area contributed by atoms with Crippen molar-refractivity contribution in [3.63, 3.8) is 0 Å². The molecule has 1 aromatic heterocycles. The molecule has 1 aromatic carbocycles. The third-order valence-electron chi connectivity index (χ3n) is 4.75. The molecule has 1 unspecified atom stereocenters. The van der Waals surface area contributed by atoms with Gasteiger partial charge in [-0.15, -0.1) is 11.3 Å². The Kier molecular flexibility index (Phi) is 6.21. The summed E-state index contributed by atoms with van der Waals surface area (Å²) in [7, 11) is 0. The highest BCUT2D eigenvalue weighted by atomic mass is 32.1. The lowest BCUT2D eigenvalue weighted by atomic mass is 9.96. The first-order valence-corrected chi connectivity index (χ1v) is 10.3. The number of nitrogens with one attached hydrogen (secondary N) is 2. The fourth-order valence-electron chi connectivity index (χ4n) is 3.29. The number of hydrogen-bond donors (Lipinski definition) is 2. The molecule has 0 saturated heterocycles. The molecule has 1 aliphatic heterocycles. The molecule has 0 saturated carbocycles. The lowest BCUT2D eigenvalue weighted by Crippen LogP contribution is -2.59. The van der Waals surface area contributed by atoms with E-state index in [2.05, 4.69) is 10.6 Å². The van der Waals surface area contributed by atoms with E-state index in [0.717, 1.165) is 4.88 Å². The van der Waals surface area contributed by atoms with E-state index in [-0.39, 0.29) is 18.2 Å². The van der Waals surface area contributed by atoms with Crippen LogP contribution in [0.5, 0.6) is 0 Å². The van der Waals surface area contributed by atoms with Crippen molar-refractivity contribution in [2.75, 3.05) is 16.8 Å². The largest absolute Gasteiger partial charge is 0.455 e. The van der Waals surface area contributed by atoms with E-state index < -0.39 is 30.1 Å². The number of benzene rings is 1. The standard InChI is InChI=1S/C21H23N3O5S/c1-13(25)22-15(17-9-6-10-30-17)11-19(27)29-12-18(26)24-16-8-5-4-7-14(16)23-20(28)21(24,2)3/h4-10,15H,11-12H2,1-3H3,(H,22,25)(H,23,28).